The Balaban J connectivity index is 2.41. The molecule has 9 heteroatoms. The Morgan fingerprint density at radius 1 is 1.38 bits per heavy atom. The molecule has 1 aromatic rings. The van der Waals surface area contributed by atoms with Crippen LogP contribution in [0.4, 0.5) is 15.8 Å². The first-order valence-corrected chi connectivity index (χ1v) is 7.94. The van der Waals surface area contributed by atoms with Crippen LogP contribution in [-0.2, 0) is 10.0 Å². The number of rotatable bonds is 4. The van der Waals surface area contributed by atoms with Crippen molar-refractivity contribution in [2.75, 3.05) is 25.0 Å². The number of anilines is 1. The Morgan fingerprint density at radius 2 is 2.00 bits per heavy atom. The Morgan fingerprint density at radius 3 is 2.52 bits per heavy atom. The van der Waals surface area contributed by atoms with Crippen molar-refractivity contribution in [2.45, 2.75) is 23.9 Å². The second kappa shape index (κ2) is 5.94. The second-order valence-electron chi connectivity index (χ2n) is 4.78. The number of nitro benzene ring substituents is 1. The normalized spacial score (nSPS) is 17.0. The van der Waals surface area contributed by atoms with Crippen LogP contribution in [0.2, 0.25) is 0 Å². The van der Waals surface area contributed by atoms with Crippen LogP contribution in [0.25, 0.3) is 0 Å². The van der Waals surface area contributed by atoms with Crippen molar-refractivity contribution in [1.29, 1.82) is 0 Å². The summed E-state index contributed by atoms with van der Waals surface area (Å²) in [5, 5.41) is 11.2. The van der Waals surface area contributed by atoms with Crippen LogP contribution in [0.3, 0.4) is 0 Å². The molecule has 0 aromatic heterocycles. The maximum Gasteiger partial charge on any atom is 0.293 e. The number of halogens is 1. The molecule has 0 amide bonds. The van der Waals surface area contributed by atoms with Crippen LogP contribution in [0.15, 0.2) is 23.1 Å². The Labute approximate surface area is 122 Å². The molecule has 1 aliphatic heterocycles. The Kier molecular flexibility index (Phi) is 4.43. The lowest BCUT2D eigenvalue weighted by Crippen LogP contribution is -2.34. The van der Waals surface area contributed by atoms with Gasteiger partial charge >= 0.3 is 0 Å². The largest absolute Gasteiger partial charge is 0.366 e. The third-order valence-electron chi connectivity index (χ3n) is 3.49. The van der Waals surface area contributed by atoms with Crippen molar-refractivity contribution in [3.05, 3.63) is 28.3 Å². The molecule has 0 unspecified atom stereocenters. The standard InChI is InChI=1S/C12H16FN3O4S/c1-14-21(19,20)10-2-3-11(12(8-10)16(17)18)15-6-4-9(13)5-7-15/h2-3,8-9,14H,4-7H2,1H3. The van der Waals surface area contributed by atoms with E-state index in [2.05, 4.69) is 4.72 Å². The highest BCUT2D eigenvalue weighted by molar-refractivity contribution is 7.89. The Bertz CT molecular complexity index is 642. The molecule has 2 rings (SSSR count). The molecule has 1 N–H and O–H groups in total. The number of alkyl halides is 1. The topological polar surface area (TPSA) is 92.6 Å². The summed E-state index contributed by atoms with van der Waals surface area (Å²) in [5.41, 5.74) is 0.0330. The molecule has 1 heterocycles. The smallest absolute Gasteiger partial charge is 0.293 e. The van der Waals surface area contributed by atoms with Gasteiger partial charge in [0.2, 0.25) is 10.0 Å². The van der Waals surface area contributed by atoms with Gasteiger partial charge in [0.25, 0.3) is 5.69 Å². The number of nitrogens with one attached hydrogen (secondary N) is 1. The van der Waals surface area contributed by atoms with Crippen LogP contribution >= 0.6 is 0 Å². The predicted octanol–water partition coefficient (Wildman–Crippen LogP) is 1.44. The van der Waals surface area contributed by atoms with Gasteiger partial charge in [-0.2, -0.15) is 0 Å². The molecule has 0 radical (unpaired) electrons. The van der Waals surface area contributed by atoms with E-state index >= 15 is 0 Å². The van der Waals surface area contributed by atoms with E-state index < -0.39 is 21.1 Å². The van der Waals surface area contributed by atoms with E-state index in [0.29, 0.717) is 31.6 Å². The van der Waals surface area contributed by atoms with E-state index in [-0.39, 0.29) is 10.6 Å². The fourth-order valence-electron chi connectivity index (χ4n) is 2.29. The minimum Gasteiger partial charge on any atom is -0.366 e. The quantitative estimate of drug-likeness (QED) is 0.670. The van der Waals surface area contributed by atoms with Gasteiger partial charge < -0.3 is 4.90 Å². The lowest BCUT2D eigenvalue weighted by molar-refractivity contribution is -0.384. The maximum atomic E-state index is 13.1. The van der Waals surface area contributed by atoms with Gasteiger partial charge in [0.05, 0.1) is 9.82 Å². The van der Waals surface area contributed by atoms with Gasteiger partial charge in [-0.25, -0.2) is 17.5 Å². The molecule has 1 aromatic carbocycles. The van der Waals surface area contributed by atoms with Gasteiger partial charge in [-0.15, -0.1) is 0 Å². The Hall–Kier alpha value is -1.74. The van der Waals surface area contributed by atoms with Gasteiger partial charge in [0.15, 0.2) is 0 Å². The second-order valence-corrected chi connectivity index (χ2v) is 6.66. The molecule has 0 aliphatic carbocycles. The number of piperidine rings is 1. The first kappa shape index (κ1) is 15.6. The van der Waals surface area contributed by atoms with Crippen molar-refractivity contribution in [3.63, 3.8) is 0 Å². The van der Waals surface area contributed by atoms with Gasteiger partial charge in [-0.05, 0) is 32.0 Å². The fourth-order valence-corrected chi connectivity index (χ4v) is 3.04. The van der Waals surface area contributed by atoms with Crippen molar-refractivity contribution >= 4 is 21.4 Å². The highest BCUT2D eigenvalue weighted by atomic mass is 32.2. The van der Waals surface area contributed by atoms with E-state index in [1.807, 2.05) is 0 Å². The number of hydrogen-bond donors (Lipinski definition) is 1. The summed E-state index contributed by atoms with van der Waals surface area (Å²) >= 11 is 0. The van der Waals surface area contributed by atoms with Crippen LogP contribution in [0.1, 0.15) is 12.8 Å². The zero-order valence-electron chi connectivity index (χ0n) is 11.5. The zero-order valence-corrected chi connectivity index (χ0v) is 12.3. The summed E-state index contributed by atoms with van der Waals surface area (Å²) in [7, 11) is -2.51. The van der Waals surface area contributed by atoms with E-state index in [0.717, 1.165) is 6.07 Å². The molecule has 0 saturated carbocycles. The van der Waals surface area contributed by atoms with Crippen LogP contribution in [0.5, 0.6) is 0 Å². The summed E-state index contributed by atoms with van der Waals surface area (Å²) in [6, 6.07) is 3.75. The van der Waals surface area contributed by atoms with E-state index in [1.165, 1.54) is 19.2 Å². The fraction of sp³-hybridized carbons (Fsp3) is 0.500. The SMILES string of the molecule is CNS(=O)(=O)c1ccc(N2CCC(F)CC2)c([N+](=O)[O-])c1. The number of nitro groups is 1. The van der Waals surface area contributed by atoms with Crippen LogP contribution < -0.4 is 9.62 Å². The molecule has 0 atom stereocenters. The summed E-state index contributed by atoms with van der Waals surface area (Å²) in [6.45, 7) is 0.750. The van der Waals surface area contributed by atoms with E-state index in [9.17, 15) is 22.9 Å². The predicted molar refractivity (Wildman–Crippen MR) is 75.7 cm³/mol. The van der Waals surface area contributed by atoms with Crippen molar-refractivity contribution in [3.8, 4) is 0 Å². The van der Waals surface area contributed by atoms with Gasteiger partial charge in [-0.1, -0.05) is 0 Å². The summed E-state index contributed by atoms with van der Waals surface area (Å²) in [4.78, 5) is 12.1. The summed E-state index contributed by atoms with van der Waals surface area (Å²) in [6.07, 6.45) is -0.259. The lowest BCUT2D eigenvalue weighted by atomic mass is 10.1. The number of hydrogen-bond acceptors (Lipinski definition) is 5. The highest BCUT2D eigenvalue weighted by Crippen LogP contribution is 2.32. The van der Waals surface area contributed by atoms with Crippen molar-refractivity contribution < 1.29 is 17.7 Å². The van der Waals surface area contributed by atoms with E-state index in [4.69, 9.17) is 0 Å². The number of nitrogens with zero attached hydrogens (tertiary/aromatic N) is 2. The molecule has 1 saturated heterocycles. The van der Waals surface area contributed by atoms with Crippen molar-refractivity contribution in [1.82, 2.24) is 4.72 Å². The van der Waals surface area contributed by atoms with E-state index in [1.54, 1.807) is 4.90 Å². The highest BCUT2D eigenvalue weighted by Gasteiger charge is 2.26. The third-order valence-corrected chi connectivity index (χ3v) is 4.90. The molecule has 1 fully saturated rings. The average Bonchev–Trinajstić information content (AvgIpc) is 2.47. The monoisotopic (exact) mass is 317 g/mol. The molecular weight excluding hydrogens is 301 g/mol. The summed E-state index contributed by atoms with van der Waals surface area (Å²) < 4.78 is 38.7. The maximum absolute atomic E-state index is 13.1. The van der Waals surface area contributed by atoms with Crippen LogP contribution in [-0.4, -0.2) is 39.6 Å². The lowest BCUT2D eigenvalue weighted by Gasteiger charge is -2.30. The molecule has 116 valence electrons. The van der Waals surface area contributed by atoms with Gasteiger partial charge in [0, 0.05) is 19.2 Å². The molecular formula is C12H16FN3O4S. The number of benzene rings is 1. The molecule has 7 nitrogen and oxygen atoms in total. The first-order valence-electron chi connectivity index (χ1n) is 6.46. The van der Waals surface area contributed by atoms with Gasteiger partial charge in [0.1, 0.15) is 11.9 Å². The minimum atomic E-state index is -3.74. The van der Waals surface area contributed by atoms with Crippen molar-refractivity contribution in [2.24, 2.45) is 0 Å². The minimum absolute atomic E-state index is 0.166. The number of sulfonamides is 1. The summed E-state index contributed by atoms with van der Waals surface area (Å²) in [5.74, 6) is 0. The zero-order chi connectivity index (χ0) is 15.6. The van der Waals surface area contributed by atoms with Crippen LogP contribution in [0, 0.1) is 10.1 Å². The average molecular weight is 317 g/mol. The molecule has 1 aliphatic rings. The third kappa shape index (κ3) is 3.30. The molecule has 0 spiro atoms. The van der Waals surface area contributed by atoms with Gasteiger partial charge in [-0.3, -0.25) is 10.1 Å². The first-order chi connectivity index (χ1) is 9.85. The molecule has 21 heavy (non-hydrogen) atoms. The molecule has 0 bridgehead atoms.